The molecule has 0 heterocycles. The monoisotopic (exact) mass is 304 g/mol. The van der Waals surface area contributed by atoms with Gasteiger partial charge in [-0.25, -0.2) is 4.79 Å². The van der Waals surface area contributed by atoms with Crippen molar-refractivity contribution in [3.63, 3.8) is 0 Å². The van der Waals surface area contributed by atoms with Crippen LogP contribution in [0.25, 0.3) is 0 Å². The normalized spacial score (nSPS) is 21.1. The van der Waals surface area contributed by atoms with Gasteiger partial charge in [-0.15, -0.1) is 0 Å². The van der Waals surface area contributed by atoms with E-state index in [9.17, 15) is 9.59 Å². The molecule has 120 valence electrons. The fraction of sp³-hybridized carbons (Fsp3) is 0.529. The van der Waals surface area contributed by atoms with Gasteiger partial charge in [0.2, 0.25) is 0 Å². The molecule has 1 aromatic rings. The van der Waals surface area contributed by atoms with Gasteiger partial charge in [0.05, 0.1) is 5.92 Å². The van der Waals surface area contributed by atoms with Crippen LogP contribution >= 0.6 is 0 Å². The van der Waals surface area contributed by atoms with E-state index in [0.717, 1.165) is 18.4 Å². The number of carboxylic acids is 1. The summed E-state index contributed by atoms with van der Waals surface area (Å²) in [7, 11) is 0. The predicted octanol–water partition coefficient (Wildman–Crippen LogP) is 2.86. The Morgan fingerprint density at radius 3 is 2.36 bits per heavy atom. The molecule has 5 nitrogen and oxygen atoms in total. The summed E-state index contributed by atoms with van der Waals surface area (Å²) in [4.78, 5) is 25.1. The number of carbonyl (C=O) groups is 2. The van der Waals surface area contributed by atoms with Crippen molar-refractivity contribution in [2.24, 2.45) is 5.92 Å². The molecule has 0 bridgehead atoms. The van der Waals surface area contributed by atoms with E-state index in [4.69, 9.17) is 5.11 Å². The number of nitrogens with zero attached hydrogens (tertiary/aromatic N) is 1. The van der Waals surface area contributed by atoms with E-state index in [1.54, 1.807) is 4.90 Å². The highest BCUT2D eigenvalue weighted by Crippen LogP contribution is 2.24. The van der Waals surface area contributed by atoms with E-state index >= 15 is 0 Å². The molecule has 2 rings (SSSR count). The molecule has 22 heavy (non-hydrogen) atoms. The smallest absolute Gasteiger partial charge is 0.317 e. The van der Waals surface area contributed by atoms with E-state index < -0.39 is 5.97 Å². The van der Waals surface area contributed by atoms with Crippen LogP contribution in [0, 0.1) is 5.92 Å². The topological polar surface area (TPSA) is 69.6 Å². The summed E-state index contributed by atoms with van der Waals surface area (Å²) in [6.45, 7) is 3.20. The number of urea groups is 1. The first-order valence-corrected chi connectivity index (χ1v) is 7.92. The summed E-state index contributed by atoms with van der Waals surface area (Å²) in [6.07, 6.45) is 2.77. The number of hydrogen-bond donors (Lipinski definition) is 2. The van der Waals surface area contributed by atoms with Gasteiger partial charge in [0, 0.05) is 19.1 Å². The first-order chi connectivity index (χ1) is 10.6. The summed E-state index contributed by atoms with van der Waals surface area (Å²) in [5.74, 6) is -0.969. The van der Waals surface area contributed by atoms with Crippen LogP contribution in [0.5, 0.6) is 0 Å². The van der Waals surface area contributed by atoms with Crippen molar-refractivity contribution in [2.75, 3.05) is 6.54 Å². The second-order valence-electron chi connectivity index (χ2n) is 5.84. The quantitative estimate of drug-likeness (QED) is 0.879. The Kier molecular flexibility index (Phi) is 5.81. The highest BCUT2D eigenvalue weighted by molar-refractivity contribution is 5.74. The van der Waals surface area contributed by atoms with Crippen molar-refractivity contribution in [1.29, 1.82) is 0 Å². The van der Waals surface area contributed by atoms with Crippen molar-refractivity contribution < 1.29 is 14.7 Å². The van der Waals surface area contributed by atoms with Crippen molar-refractivity contribution in [1.82, 2.24) is 10.2 Å². The number of aliphatic carboxylic acids is 1. The van der Waals surface area contributed by atoms with Crippen LogP contribution in [0.2, 0.25) is 0 Å². The van der Waals surface area contributed by atoms with Gasteiger partial charge in [0.25, 0.3) is 0 Å². The molecule has 1 aromatic carbocycles. The Labute approximate surface area is 131 Å². The third-order valence-electron chi connectivity index (χ3n) is 4.29. The summed E-state index contributed by atoms with van der Waals surface area (Å²) in [5, 5.41) is 12.0. The molecule has 1 fully saturated rings. The summed E-state index contributed by atoms with van der Waals surface area (Å²) < 4.78 is 0. The molecular weight excluding hydrogens is 280 g/mol. The molecule has 1 aliphatic carbocycles. The van der Waals surface area contributed by atoms with Gasteiger partial charge in [-0.05, 0) is 38.2 Å². The molecule has 0 spiro atoms. The molecule has 0 atom stereocenters. The van der Waals surface area contributed by atoms with E-state index in [1.165, 1.54) is 0 Å². The lowest BCUT2D eigenvalue weighted by Crippen LogP contribution is -2.46. The standard InChI is InChI=1S/C17H24N2O3/c1-2-19(12-13-6-4-3-5-7-13)17(22)18-15-10-8-14(9-11-15)16(20)21/h3-7,14-15H,2,8-12H2,1H3,(H,18,22)(H,20,21). The van der Waals surface area contributed by atoms with Crippen LogP contribution in [-0.4, -0.2) is 34.6 Å². The molecule has 0 unspecified atom stereocenters. The van der Waals surface area contributed by atoms with Crippen LogP contribution in [0.15, 0.2) is 30.3 Å². The van der Waals surface area contributed by atoms with Gasteiger partial charge in [-0.1, -0.05) is 30.3 Å². The van der Waals surface area contributed by atoms with Crippen LogP contribution in [-0.2, 0) is 11.3 Å². The Balaban J connectivity index is 1.84. The Hall–Kier alpha value is -2.04. The average Bonchev–Trinajstić information content (AvgIpc) is 2.54. The van der Waals surface area contributed by atoms with Gasteiger partial charge >= 0.3 is 12.0 Å². The summed E-state index contributed by atoms with van der Waals surface area (Å²) >= 11 is 0. The fourth-order valence-electron chi connectivity index (χ4n) is 2.88. The van der Waals surface area contributed by atoms with E-state index in [2.05, 4.69) is 5.32 Å². The molecule has 2 amide bonds. The lowest BCUT2D eigenvalue weighted by atomic mass is 9.86. The largest absolute Gasteiger partial charge is 0.481 e. The minimum absolute atomic E-state index is 0.0647. The van der Waals surface area contributed by atoms with Crippen molar-refractivity contribution in [3.8, 4) is 0 Å². The zero-order valence-corrected chi connectivity index (χ0v) is 13.0. The number of rotatable bonds is 5. The van der Waals surface area contributed by atoms with Gasteiger partial charge in [0.1, 0.15) is 0 Å². The molecule has 0 radical (unpaired) electrons. The van der Waals surface area contributed by atoms with E-state index in [0.29, 0.717) is 25.9 Å². The van der Waals surface area contributed by atoms with Gasteiger partial charge in [-0.2, -0.15) is 0 Å². The molecule has 2 N–H and O–H groups in total. The zero-order chi connectivity index (χ0) is 15.9. The highest BCUT2D eigenvalue weighted by atomic mass is 16.4. The SMILES string of the molecule is CCN(Cc1ccccc1)C(=O)NC1CCC(C(=O)O)CC1. The van der Waals surface area contributed by atoms with Crippen LogP contribution < -0.4 is 5.32 Å². The van der Waals surface area contributed by atoms with Crippen molar-refractivity contribution in [3.05, 3.63) is 35.9 Å². The maximum absolute atomic E-state index is 12.4. The maximum atomic E-state index is 12.4. The van der Waals surface area contributed by atoms with Gasteiger partial charge < -0.3 is 15.3 Å². The van der Waals surface area contributed by atoms with Crippen molar-refractivity contribution >= 4 is 12.0 Å². The lowest BCUT2D eigenvalue weighted by Gasteiger charge is -2.29. The zero-order valence-electron chi connectivity index (χ0n) is 13.0. The Bertz CT molecular complexity index is 496. The van der Waals surface area contributed by atoms with Crippen molar-refractivity contribution in [2.45, 2.75) is 45.2 Å². The summed E-state index contributed by atoms with van der Waals surface area (Å²) in [6, 6.07) is 9.93. The van der Waals surface area contributed by atoms with Gasteiger partial charge in [-0.3, -0.25) is 4.79 Å². The number of hydrogen-bond acceptors (Lipinski definition) is 2. The molecule has 1 aliphatic rings. The first kappa shape index (κ1) is 16.3. The van der Waals surface area contributed by atoms with Crippen LogP contribution in [0.4, 0.5) is 4.79 Å². The second-order valence-corrected chi connectivity index (χ2v) is 5.84. The van der Waals surface area contributed by atoms with Crippen LogP contribution in [0.1, 0.15) is 38.2 Å². The lowest BCUT2D eigenvalue weighted by molar-refractivity contribution is -0.142. The Morgan fingerprint density at radius 2 is 1.82 bits per heavy atom. The predicted molar refractivity (Wildman–Crippen MR) is 84.4 cm³/mol. The second kappa shape index (κ2) is 7.82. The van der Waals surface area contributed by atoms with Crippen LogP contribution in [0.3, 0.4) is 0 Å². The maximum Gasteiger partial charge on any atom is 0.317 e. The Morgan fingerprint density at radius 1 is 1.18 bits per heavy atom. The molecule has 0 saturated heterocycles. The molecule has 0 aliphatic heterocycles. The van der Waals surface area contributed by atoms with E-state index in [1.807, 2.05) is 37.3 Å². The highest BCUT2D eigenvalue weighted by Gasteiger charge is 2.27. The number of benzene rings is 1. The molecule has 0 aromatic heterocycles. The number of carboxylic acid groups (broad SMARTS) is 1. The summed E-state index contributed by atoms with van der Waals surface area (Å²) in [5.41, 5.74) is 1.11. The number of carbonyl (C=O) groups excluding carboxylic acids is 1. The molecule has 5 heteroatoms. The molecular formula is C17H24N2O3. The number of nitrogens with one attached hydrogen (secondary N) is 1. The first-order valence-electron chi connectivity index (χ1n) is 7.92. The average molecular weight is 304 g/mol. The van der Waals surface area contributed by atoms with Gasteiger partial charge in [0.15, 0.2) is 0 Å². The van der Waals surface area contributed by atoms with E-state index in [-0.39, 0.29) is 18.0 Å². The third-order valence-corrected chi connectivity index (χ3v) is 4.29. The minimum atomic E-state index is -0.718. The minimum Gasteiger partial charge on any atom is -0.481 e. The number of amides is 2. The fourth-order valence-corrected chi connectivity index (χ4v) is 2.88. The third kappa shape index (κ3) is 4.48. The molecule has 1 saturated carbocycles.